The molecule has 16 heavy (non-hydrogen) atoms. The average Bonchev–Trinajstić information content (AvgIpc) is 2.28. The highest BCUT2D eigenvalue weighted by Crippen LogP contribution is 2.16. The summed E-state index contributed by atoms with van der Waals surface area (Å²) in [6, 6.07) is -0.120. The van der Waals surface area contributed by atoms with Gasteiger partial charge < -0.3 is 4.74 Å². The second-order valence-corrected chi connectivity index (χ2v) is 6.70. The largest absolute Gasteiger partial charge is 0.381 e. The van der Waals surface area contributed by atoms with E-state index in [9.17, 15) is 8.42 Å². The molecule has 4 nitrogen and oxygen atoms in total. The van der Waals surface area contributed by atoms with Gasteiger partial charge >= 0.3 is 0 Å². The van der Waals surface area contributed by atoms with Crippen LogP contribution in [0.4, 0.5) is 0 Å². The van der Waals surface area contributed by atoms with Crippen LogP contribution in [-0.2, 0) is 14.8 Å². The average molecular weight is 270 g/mol. The van der Waals surface area contributed by atoms with Gasteiger partial charge in [0.25, 0.3) is 0 Å². The lowest BCUT2D eigenvalue weighted by Gasteiger charge is -2.26. The fraction of sp³-hybridized carbons (Fsp3) is 1.00. The zero-order chi connectivity index (χ0) is 12.2. The SMILES string of the molecule is CC(CCl)C(C)NS(=O)(=O)C1CCOCC1. The minimum atomic E-state index is -3.23. The van der Waals surface area contributed by atoms with Crippen molar-refractivity contribution < 1.29 is 13.2 Å². The van der Waals surface area contributed by atoms with E-state index in [4.69, 9.17) is 16.3 Å². The van der Waals surface area contributed by atoms with Crippen LogP contribution in [-0.4, -0.2) is 38.8 Å². The first-order valence-corrected chi connectivity index (χ1v) is 7.70. The zero-order valence-corrected chi connectivity index (χ0v) is 11.4. The van der Waals surface area contributed by atoms with Crippen molar-refractivity contribution in [2.45, 2.75) is 38.0 Å². The van der Waals surface area contributed by atoms with Gasteiger partial charge in [0, 0.05) is 25.1 Å². The van der Waals surface area contributed by atoms with Crippen LogP contribution in [0.3, 0.4) is 0 Å². The van der Waals surface area contributed by atoms with Crippen molar-refractivity contribution in [2.75, 3.05) is 19.1 Å². The topological polar surface area (TPSA) is 55.4 Å². The third kappa shape index (κ3) is 3.87. The molecule has 1 aliphatic heterocycles. The molecule has 6 heteroatoms. The molecule has 0 saturated carbocycles. The number of halogens is 1. The summed E-state index contributed by atoms with van der Waals surface area (Å²) >= 11 is 5.71. The summed E-state index contributed by atoms with van der Waals surface area (Å²) < 4.78 is 31.9. The highest BCUT2D eigenvalue weighted by molar-refractivity contribution is 7.90. The van der Waals surface area contributed by atoms with Crippen molar-refractivity contribution in [1.82, 2.24) is 4.72 Å². The summed E-state index contributed by atoms with van der Waals surface area (Å²) in [5.41, 5.74) is 0. The normalized spacial score (nSPS) is 22.9. The van der Waals surface area contributed by atoms with E-state index in [1.165, 1.54) is 0 Å². The van der Waals surface area contributed by atoms with Crippen LogP contribution in [0.2, 0.25) is 0 Å². The van der Waals surface area contributed by atoms with Crippen molar-refractivity contribution in [3.8, 4) is 0 Å². The van der Waals surface area contributed by atoms with Crippen molar-refractivity contribution >= 4 is 21.6 Å². The van der Waals surface area contributed by atoms with Gasteiger partial charge in [0.05, 0.1) is 5.25 Å². The molecule has 0 bridgehead atoms. The summed E-state index contributed by atoms with van der Waals surface area (Å²) in [6.45, 7) is 4.85. The zero-order valence-electron chi connectivity index (χ0n) is 9.78. The number of ether oxygens (including phenoxy) is 1. The standard InChI is InChI=1S/C10H20ClNO3S/c1-8(7-11)9(2)12-16(13,14)10-3-5-15-6-4-10/h8-10,12H,3-7H2,1-2H3. The van der Waals surface area contributed by atoms with E-state index in [1.54, 1.807) is 0 Å². The molecule has 1 rings (SSSR count). The first kappa shape index (κ1) is 14.2. The number of hydrogen-bond acceptors (Lipinski definition) is 3. The van der Waals surface area contributed by atoms with E-state index in [0.717, 1.165) is 0 Å². The molecular weight excluding hydrogens is 250 g/mol. The molecular formula is C10H20ClNO3S. The van der Waals surface area contributed by atoms with Crippen LogP contribution in [0.1, 0.15) is 26.7 Å². The van der Waals surface area contributed by atoms with E-state index in [2.05, 4.69) is 4.72 Å². The molecule has 0 spiro atoms. The molecule has 96 valence electrons. The van der Waals surface area contributed by atoms with E-state index >= 15 is 0 Å². The molecule has 2 unspecified atom stereocenters. The molecule has 0 radical (unpaired) electrons. The Morgan fingerprint density at radius 1 is 1.38 bits per heavy atom. The number of rotatable bonds is 5. The van der Waals surface area contributed by atoms with Crippen molar-refractivity contribution in [1.29, 1.82) is 0 Å². The Bertz CT molecular complexity index is 301. The number of nitrogens with one attached hydrogen (secondary N) is 1. The molecule has 0 aromatic rings. The maximum absolute atomic E-state index is 12.0. The molecule has 1 saturated heterocycles. The van der Waals surface area contributed by atoms with Crippen LogP contribution in [0, 0.1) is 5.92 Å². The lowest BCUT2D eigenvalue weighted by molar-refractivity contribution is 0.0980. The molecule has 1 N–H and O–H groups in total. The Hall–Kier alpha value is 0.160. The van der Waals surface area contributed by atoms with Gasteiger partial charge in [-0.2, -0.15) is 0 Å². The van der Waals surface area contributed by atoms with Crippen LogP contribution < -0.4 is 4.72 Å². The molecule has 1 heterocycles. The van der Waals surface area contributed by atoms with Gasteiger partial charge in [-0.1, -0.05) is 6.92 Å². The Kier molecular flexibility index (Phi) is 5.50. The molecule has 0 amide bonds. The van der Waals surface area contributed by atoms with Gasteiger partial charge in [-0.25, -0.2) is 13.1 Å². The summed E-state index contributed by atoms with van der Waals surface area (Å²) in [4.78, 5) is 0. The van der Waals surface area contributed by atoms with Gasteiger partial charge in [-0.3, -0.25) is 0 Å². The summed E-state index contributed by atoms with van der Waals surface area (Å²) in [7, 11) is -3.23. The van der Waals surface area contributed by atoms with Crippen molar-refractivity contribution in [3.05, 3.63) is 0 Å². The Labute approximate surface area is 103 Å². The highest BCUT2D eigenvalue weighted by atomic mass is 35.5. The minimum Gasteiger partial charge on any atom is -0.381 e. The Balaban J connectivity index is 2.56. The van der Waals surface area contributed by atoms with Crippen LogP contribution >= 0.6 is 11.6 Å². The second kappa shape index (κ2) is 6.19. The maximum Gasteiger partial charge on any atom is 0.214 e. The third-order valence-corrected chi connectivity index (χ3v) is 5.59. The first-order chi connectivity index (χ1) is 7.47. The Morgan fingerprint density at radius 2 is 1.94 bits per heavy atom. The van der Waals surface area contributed by atoms with Gasteiger partial charge in [0.15, 0.2) is 0 Å². The smallest absolute Gasteiger partial charge is 0.214 e. The van der Waals surface area contributed by atoms with Gasteiger partial charge in [-0.15, -0.1) is 11.6 Å². The molecule has 0 aromatic heterocycles. The predicted molar refractivity (Wildman–Crippen MR) is 65.2 cm³/mol. The summed E-state index contributed by atoms with van der Waals surface area (Å²) in [6.07, 6.45) is 1.16. The van der Waals surface area contributed by atoms with E-state index in [-0.39, 0.29) is 17.2 Å². The van der Waals surface area contributed by atoms with Crippen LogP contribution in [0.5, 0.6) is 0 Å². The molecule has 1 aliphatic rings. The molecule has 1 fully saturated rings. The first-order valence-electron chi connectivity index (χ1n) is 5.62. The second-order valence-electron chi connectivity index (χ2n) is 4.39. The van der Waals surface area contributed by atoms with E-state index < -0.39 is 10.0 Å². The summed E-state index contributed by atoms with van der Waals surface area (Å²) in [5, 5.41) is -0.314. The quantitative estimate of drug-likeness (QED) is 0.767. The lowest BCUT2D eigenvalue weighted by Crippen LogP contribution is -2.44. The predicted octanol–water partition coefficient (Wildman–Crippen LogP) is 1.35. The minimum absolute atomic E-state index is 0.120. The van der Waals surface area contributed by atoms with E-state index in [1.807, 2.05) is 13.8 Å². The fourth-order valence-corrected chi connectivity index (χ4v) is 3.61. The number of sulfonamides is 1. The molecule has 0 aromatic carbocycles. The van der Waals surface area contributed by atoms with Crippen molar-refractivity contribution in [2.24, 2.45) is 5.92 Å². The van der Waals surface area contributed by atoms with Gasteiger partial charge in [0.1, 0.15) is 0 Å². The van der Waals surface area contributed by atoms with Gasteiger partial charge in [0.2, 0.25) is 10.0 Å². The maximum atomic E-state index is 12.0. The highest BCUT2D eigenvalue weighted by Gasteiger charge is 2.29. The van der Waals surface area contributed by atoms with Crippen molar-refractivity contribution in [3.63, 3.8) is 0 Å². The number of hydrogen-bond donors (Lipinski definition) is 1. The Morgan fingerprint density at radius 3 is 2.44 bits per heavy atom. The fourth-order valence-electron chi connectivity index (χ4n) is 1.59. The monoisotopic (exact) mass is 269 g/mol. The van der Waals surface area contributed by atoms with Crippen LogP contribution in [0.25, 0.3) is 0 Å². The van der Waals surface area contributed by atoms with Gasteiger partial charge in [-0.05, 0) is 25.7 Å². The molecule has 0 aliphatic carbocycles. The van der Waals surface area contributed by atoms with Crippen LogP contribution in [0.15, 0.2) is 0 Å². The molecule has 2 atom stereocenters. The summed E-state index contributed by atoms with van der Waals surface area (Å²) in [5.74, 6) is 0.591. The van der Waals surface area contributed by atoms with E-state index in [0.29, 0.717) is 31.9 Å². The lowest BCUT2D eigenvalue weighted by atomic mass is 10.1. The number of alkyl halides is 1. The third-order valence-electron chi connectivity index (χ3n) is 3.05.